The molecule has 0 aromatic heterocycles. The van der Waals surface area contributed by atoms with Gasteiger partial charge in [-0.3, -0.25) is 0 Å². The quantitative estimate of drug-likeness (QED) is 0.0888. The first-order valence-electron chi connectivity index (χ1n) is 13.6. The normalized spacial score (nSPS) is 10.5. The van der Waals surface area contributed by atoms with Crippen molar-refractivity contribution < 1.29 is 0 Å². The van der Waals surface area contributed by atoms with E-state index in [4.69, 9.17) is 0 Å². The summed E-state index contributed by atoms with van der Waals surface area (Å²) in [6.07, 6.45) is 20.5. The molecule has 0 aliphatic carbocycles. The average Bonchev–Trinajstić information content (AvgIpc) is 2.74. The van der Waals surface area contributed by atoms with Crippen LogP contribution in [-0.2, 0) is 0 Å². The highest BCUT2D eigenvalue weighted by molar-refractivity contribution is 14.0. The smallest absolute Gasteiger partial charge is 0.00187 e. The summed E-state index contributed by atoms with van der Waals surface area (Å²) in [6, 6.07) is 0. The summed E-state index contributed by atoms with van der Waals surface area (Å²) >= 11 is 0. The molecule has 0 rings (SSSR count). The Labute approximate surface area is 233 Å². The molecule has 0 atom stereocenters. The van der Waals surface area contributed by atoms with Crippen LogP contribution in [0.25, 0.3) is 0 Å². The molecule has 0 heterocycles. The van der Waals surface area contributed by atoms with Crippen LogP contribution in [0.2, 0.25) is 0 Å². The maximum Gasteiger partial charge on any atom is -0.00187 e. The summed E-state index contributed by atoms with van der Waals surface area (Å²) in [5, 5.41) is 0. The van der Waals surface area contributed by atoms with Gasteiger partial charge in [0, 0.05) is 0 Å². The van der Waals surface area contributed by atoms with E-state index < -0.39 is 0 Å². The molecular weight excluding hydrogens is 606 g/mol. The Morgan fingerprint density at radius 2 is 0.484 bits per heavy atom. The molecule has 31 heavy (non-hydrogen) atoms. The van der Waals surface area contributed by atoms with Crippen LogP contribution in [0.5, 0.6) is 0 Å². The van der Waals surface area contributed by atoms with E-state index in [1.54, 1.807) is 0 Å². The van der Waals surface area contributed by atoms with E-state index in [-0.39, 0.29) is 48.0 Å². The minimum absolute atomic E-state index is 0. The Hall–Kier alpha value is 1.38. The summed E-state index contributed by atoms with van der Waals surface area (Å²) in [6.45, 7) is 21.6. The fourth-order valence-electron chi connectivity index (χ4n) is 3.57. The zero-order valence-corrected chi connectivity index (χ0v) is 27.2. The summed E-state index contributed by atoms with van der Waals surface area (Å²) < 4.78 is 0. The standard InChI is InChI=1S/C15H33N.C12H27N.2HI/c1-4-7-10-13-16(14-11-8-5-2)15-12-9-6-3;1-4-7-10-13(11-8-5-2)12-9-6-3;;/h4-15H2,1-3H3;4-12H2,1-3H3;2*1H. The van der Waals surface area contributed by atoms with E-state index in [9.17, 15) is 0 Å². The Morgan fingerprint density at radius 3 is 0.677 bits per heavy atom. The van der Waals surface area contributed by atoms with Gasteiger partial charge < -0.3 is 9.80 Å². The van der Waals surface area contributed by atoms with Gasteiger partial charge in [-0.2, -0.15) is 0 Å². The van der Waals surface area contributed by atoms with Gasteiger partial charge in [0.15, 0.2) is 0 Å². The molecule has 0 fully saturated rings. The van der Waals surface area contributed by atoms with Crippen molar-refractivity contribution in [1.29, 1.82) is 0 Å². The maximum absolute atomic E-state index is 2.70. The van der Waals surface area contributed by atoms with E-state index in [1.165, 1.54) is 136 Å². The molecule has 0 N–H and O–H groups in total. The first-order valence-corrected chi connectivity index (χ1v) is 13.6. The van der Waals surface area contributed by atoms with Crippen LogP contribution >= 0.6 is 48.0 Å². The van der Waals surface area contributed by atoms with Crippen molar-refractivity contribution in [1.82, 2.24) is 9.80 Å². The summed E-state index contributed by atoms with van der Waals surface area (Å²) in [5.74, 6) is 0. The molecule has 0 saturated carbocycles. The predicted octanol–water partition coefficient (Wildman–Crippen LogP) is 9.78. The topological polar surface area (TPSA) is 6.48 Å². The molecule has 0 spiro atoms. The van der Waals surface area contributed by atoms with Crippen LogP contribution in [0.1, 0.15) is 138 Å². The van der Waals surface area contributed by atoms with Crippen molar-refractivity contribution in [3.63, 3.8) is 0 Å². The zero-order chi connectivity index (χ0) is 22.0. The van der Waals surface area contributed by atoms with Crippen molar-refractivity contribution in [3.05, 3.63) is 0 Å². The molecule has 4 heteroatoms. The molecule has 0 saturated heterocycles. The van der Waals surface area contributed by atoms with Gasteiger partial charge in [0.1, 0.15) is 0 Å². The highest BCUT2D eigenvalue weighted by Gasteiger charge is 2.03. The van der Waals surface area contributed by atoms with Crippen molar-refractivity contribution in [2.75, 3.05) is 39.3 Å². The Bertz CT molecular complexity index is 235. The summed E-state index contributed by atoms with van der Waals surface area (Å²) in [4.78, 5) is 5.33. The largest absolute Gasteiger partial charge is 0.303 e. The van der Waals surface area contributed by atoms with Crippen molar-refractivity contribution in [3.8, 4) is 0 Å². The number of unbranched alkanes of at least 4 members (excludes halogenated alkanes) is 9. The van der Waals surface area contributed by atoms with E-state index in [0.29, 0.717) is 0 Å². The number of nitrogens with zero attached hydrogens (tertiary/aromatic N) is 2. The van der Waals surface area contributed by atoms with Crippen LogP contribution in [0.3, 0.4) is 0 Å². The summed E-state index contributed by atoms with van der Waals surface area (Å²) in [5.41, 5.74) is 0. The lowest BCUT2D eigenvalue weighted by Crippen LogP contribution is -2.27. The SMILES string of the molecule is CCCCCN(CCCCC)CCCCC.CCCCN(CCCC)CCCC.I.I. The number of halogens is 2. The van der Waals surface area contributed by atoms with Gasteiger partial charge in [-0.25, -0.2) is 0 Å². The Morgan fingerprint density at radius 1 is 0.290 bits per heavy atom. The van der Waals surface area contributed by atoms with Gasteiger partial charge in [0.2, 0.25) is 0 Å². The van der Waals surface area contributed by atoms with Crippen LogP contribution in [0, 0.1) is 0 Å². The first kappa shape index (κ1) is 39.6. The monoisotopic (exact) mass is 668 g/mol. The minimum Gasteiger partial charge on any atom is -0.303 e. The lowest BCUT2D eigenvalue weighted by molar-refractivity contribution is 0.256. The summed E-state index contributed by atoms with van der Waals surface area (Å²) in [7, 11) is 0. The Kier molecular flexibility index (Phi) is 45.9. The van der Waals surface area contributed by atoms with Gasteiger partial charge in [0.05, 0.1) is 0 Å². The second-order valence-corrected chi connectivity index (χ2v) is 8.87. The van der Waals surface area contributed by atoms with E-state index in [1.807, 2.05) is 0 Å². The average molecular weight is 669 g/mol. The lowest BCUT2D eigenvalue weighted by atomic mass is 10.2. The minimum atomic E-state index is 0. The molecule has 0 aliphatic heterocycles. The van der Waals surface area contributed by atoms with Crippen molar-refractivity contribution in [2.45, 2.75) is 138 Å². The van der Waals surface area contributed by atoms with Gasteiger partial charge in [-0.15, -0.1) is 48.0 Å². The Balaban J connectivity index is -0.000000225. The van der Waals surface area contributed by atoms with E-state index >= 15 is 0 Å². The van der Waals surface area contributed by atoms with Crippen molar-refractivity contribution in [2.24, 2.45) is 0 Å². The zero-order valence-electron chi connectivity index (χ0n) is 22.6. The molecule has 194 valence electrons. The van der Waals surface area contributed by atoms with Crippen LogP contribution in [0.15, 0.2) is 0 Å². The predicted molar refractivity (Wildman–Crippen MR) is 167 cm³/mol. The molecule has 0 aromatic rings. The third-order valence-corrected chi connectivity index (χ3v) is 5.72. The fraction of sp³-hybridized carbons (Fsp3) is 1.00. The highest BCUT2D eigenvalue weighted by atomic mass is 127. The molecule has 0 unspecified atom stereocenters. The maximum atomic E-state index is 2.70. The molecule has 0 amide bonds. The first-order chi connectivity index (χ1) is 14.2. The molecule has 2 nitrogen and oxygen atoms in total. The third kappa shape index (κ3) is 33.6. The van der Waals surface area contributed by atoms with Gasteiger partial charge in [0.25, 0.3) is 0 Å². The molecule has 0 bridgehead atoms. The molecule has 0 aliphatic rings. The second-order valence-electron chi connectivity index (χ2n) is 8.87. The number of rotatable bonds is 21. The fourth-order valence-corrected chi connectivity index (χ4v) is 3.57. The number of hydrogen-bond donors (Lipinski definition) is 0. The van der Waals surface area contributed by atoms with Gasteiger partial charge in [-0.05, 0) is 77.8 Å². The second kappa shape index (κ2) is 36.0. The van der Waals surface area contributed by atoms with E-state index in [2.05, 4.69) is 51.3 Å². The molecule has 0 aromatic carbocycles. The van der Waals surface area contributed by atoms with Gasteiger partial charge >= 0.3 is 0 Å². The third-order valence-electron chi connectivity index (χ3n) is 5.72. The van der Waals surface area contributed by atoms with Crippen LogP contribution < -0.4 is 0 Å². The van der Waals surface area contributed by atoms with Gasteiger partial charge in [-0.1, -0.05) is 99.3 Å². The van der Waals surface area contributed by atoms with Crippen LogP contribution in [0.4, 0.5) is 0 Å². The van der Waals surface area contributed by atoms with Crippen LogP contribution in [-0.4, -0.2) is 49.1 Å². The molecule has 0 radical (unpaired) electrons. The lowest BCUT2D eigenvalue weighted by Gasteiger charge is -2.22. The van der Waals surface area contributed by atoms with E-state index in [0.717, 1.165) is 0 Å². The molecular formula is C27H62I2N2. The highest BCUT2D eigenvalue weighted by Crippen LogP contribution is 2.05. The number of hydrogen-bond acceptors (Lipinski definition) is 2. The van der Waals surface area contributed by atoms with Crippen molar-refractivity contribution >= 4 is 48.0 Å².